The largest absolute Gasteiger partial charge is 0.345 e. The minimum absolute atomic E-state index is 0. The number of nitrogens with zero attached hydrogens (tertiary/aromatic N) is 1. The Balaban J connectivity index is 0.00000128. The second kappa shape index (κ2) is 6.45. The Kier molecular flexibility index (Phi) is 5.56. The van der Waals surface area contributed by atoms with Gasteiger partial charge in [-0.25, -0.2) is 0 Å². The molecular formula is C12H23ClN2O. The van der Waals surface area contributed by atoms with E-state index in [1.54, 1.807) is 0 Å². The van der Waals surface area contributed by atoms with Crippen LogP contribution in [0.1, 0.15) is 32.1 Å². The van der Waals surface area contributed by atoms with Gasteiger partial charge in [-0.1, -0.05) is 12.8 Å². The van der Waals surface area contributed by atoms with Crippen molar-refractivity contribution in [2.45, 2.75) is 32.1 Å². The number of hydrogen-bond acceptors (Lipinski definition) is 2. The summed E-state index contributed by atoms with van der Waals surface area (Å²) in [6.07, 6.45) is 6.38. The molecule has 1 atom stereocenters. The summed E-state index contributed by atoms with van der Waals surface area (Å²) in [4.78, 5) is 14.0. The third-order valence-corrected chi connectivity index (χ3v) is 3.79. The molecule has 1 aliphatic carbocycles. The van der Waals surface area contributed by atoms with Crippen molar-refractivity contribution in [2.75, 3.05) is 26.7 Å². The van der Waals surface area contributed by atoms with Gasteiger partial charge in [-0.3, -0.25) is 4.79 Å². The van der Waals surface area contributed by atoms with E-state index in [-0.39, 0.29) is 18.3 Å². The fourth-order valence-electron chi connectivity index (χ4n) is 2.85. The van der Waals surface area contributed by atoms with Crippen molar-refractivity contribution in [2.24, 2.45) is 11.8 Å². The Labute approximate surface area is 104 Å². The minimum atomic E-state index is 0. The third kappa shape index (κ3) is 3.36. The molecule has 0 aromatic carbocycles. The smallest absolute Gasteiger partial charge is 0.226 e. The van der Waals surface area contributed by atoms with Gasteiger partial charge < -0.3 is 10.2 Å². The van der Waals surface area contributed by atoms with Crippen LogP contribution >= 0.6 is 12.4 Å². The predicted molar refractivity (Wildman–Crippen MR) is 67.8 cm³/mol. The van der Waals surface area contributed by atoms with Crippen LogP contribution in [0.3, 0.4) is 0 Å². The Morgan fingerprint density at radius 3 is 2.56 bits per heavy atom. The summed E-state index contributed by atoms with van der Waals surface area (Å²) in [5.41, 5.74) is 0. The van der Waals surface area contributed by atoms with Crippen LogP contribution in [0.15, 0.2) is 0 Å². The molecule has 0 unspecified atom stereocenters. The van der Waals surface area contributed by atoms with Gasteiger partial charge in [0.05, 0.1) is 5.92 Å². The van der Waals surface area contributed by atoms with Crippen molar-refractivity contribution in [3.8, 4) is 0 Å². The van der Waals surface area contributed by atoms with Gasteiger partial charge in [-0.2, -0.15) is 0 Å². The lowest BCUT2D eigenvalue weighted by molar-refractivity contribution is -0.134. The van der Waals surface area contributed by atoms with E-state index in [4.69, 9.17) is 0 Å². The molecule has 1 aliphatic heterocycles. The van der Waals surface area contributed by atoms with Crippen LogP contribution in [-0.4, -0.2) is 37.5 Å². The minimum Gasteiger partial charge on any atom is -0.345 e. The predicted octanol–water partition coefficient (Wildman–Crippen LogP) is 1.67. The lowest BCUT2D eigenvalue weighted by Gasteiger charge is -2.23. The van der Waals surface area contributed by atoms with Crippen LogP contribution < -0.4 is 5.32 Å². The van der Waals surface area contributed by atoms with E-state index in [2.05, 4.69) is 5.32 Å². The molecule has 0 aromatic heterocycles. The first-order valence-electron chi connectivity index (χ1n) is 6.23. The van der Waals surface area contributed by atoms with Gasteiger partial charge in [0.25, 0.3) is 0 Å². The number of carbonyl (C=O) groups is 1. The quantitative estimate of drug-likeness (QED) is 0.822. The second-order valence-electron chi connectivity index (χ2n) is 5.06. The van der Waals surface area contributed by atoms with Gasteiger partial charge in [-0.15, -0.1) is 12.4 Å². The highest BCUT2D eigenvalue weighted by molar-refractivity contribution is 5.85. The Morgan fingerprint density at radius 2 is 2.00 bits per heavy atom. The van der Waals surface area contributed by atoms with Crippen molar-refractivity contribution in [3.05, 3.63) is 0 Å². The molecule has 2 aliphatic rings. The average Bonchev–Trinajstić information content (AvgIpc) is 2.88. The fourth-order valence-corrected chi connectivity index (χ4v) is 2.85. The molecule has 0 spiro atoms. The summed E-state index contributed by atoms with van der Waals surface area (Å²) in [6, 6.07) is 0. The van der Waals surface area contributed by atoms with Crippen LogP contribution in [0.4, 0.5) is 0 Å². The molecule has 2 fully saturated rings. The summed E-state index contributed by atoms with van der Waals surface area (Å²) in [7, 11) is 1.97. The molecule has 1 N–H and O–H groups in total. The molecule has 0 aromatic rings. The van der Waals surface area contributed by atoms with E-state index < -0.39 is 0 Å². The molecular weight excluding hydrogens is 224 g/mol. The zero-order valence-electron chi connectivity index (χ0n) is 10.1. The molecule has 1 saturated carbocycles. The van der Waals surface area contributed by atoms with Crippen LogP contribution in [0.25, 0.3) is 0 Å². The number of hydrogen-bond donors (Lipinski definition) is 1. The number of nitrogens with one attached hydrogen (secondary N) is 1. The maximum absolute atomic E-state index is 12.0. The van der Waals surface area contributed by atoms with Crippen molar-refractivity contribution in [1.82, 2.24) is 10.2 Å². The van der Waals surface area contributed by atoms with Crippen molar-refractivity contribution in [1.29, 1.82) is 0 Å². The first kappa shape index (κ1) is 13.8. The highest BCUT2D eigenvalue weighted by Gasteiger charge is 2.27. The van der Waals surface area contributed by atoms with Gasteiger partial charge in [0.15, 0.2) is 0 Å². The van der Waals surface area contributed by atoms with Crippen molar-refractivity contribution < 1.29 is 4.79 Å². The highest BCUT2D eigenvalue weighted by atomic mass is 35.5. The first-order valence-corrected chi connectivity index (χ1v) is 6.23. The van der Waals surface area contributed by atoms with Crippen LogP contribution in [0.2, 0.25) is 0 Å². The maximum atomic E-state index is 12.0. The van der Waals surface area contributed by atoms with Gasteiger partial charge >= 0.3 is 0 Å². The molecule has 16 heavy (non-hydrogen) atoms. The van der Waals surface area contributed by atoms with Crippen molar-refractivity contribution in [3.63, 3.8) is 0 Å². The van der Waals surface area contributed by atoms with Crippen LogP contribution in [-0.2, 0) is 4.79 Å². The summed E-state index contributed by atoms with van der Waals surface area (Å²) in [5.74, 6) is 1.37. The zero-order chi connectivity index (χ0) is 10.7. The molecule has 1 heterocycles. The van der Waals surface area contributed by atoms with E-state index in [1.165, 1.54) is 25.7 Å². The lowest BCUT2D eigenvalue weighted by Crippen LogP contribution is -2.36. The standard InChI is InChI=1S/C12H22N2O.ClH/c1-14(9-10-4-2-3-5-10)12(15)11-6-7-13-8-11;/h10-11,13H,2-9H2,1H3;1H/t11-;/m1./s1. The highest BCUT2D eigenvalue weighted by Crippen LogP contribution is 2.25. The zero-order valence-corrected chi connectivity index (χ0v) is 10.9. The molecule has 4 heteroatoms. The summed E-state index contributed by atoms with van der Waals surface area (Å²) < 4.78 is 0. The summed E-state index contributed by atoms with van der Waals surface area (Å²) >= 11 is 0. The molecule has 0 radical (unpaired) electrons. The third-order valence-electron chi connectivity index (χ3n) is 3.79. The van der Waals surface area contributed by atoms with Gasteiger partial charge in [0.1, 0.15) is 0 Å². The molecule has 94 valence electrons. The van der Waals surface area contributed by atoms with Gasteiger partial charge in [0, 0.05) is 20.1 Å². The SMILES string of the molecule is CN(CC1CCCC1)C(=O)[C@@H]1CCNC1.Cl. The van der Waals surface area contributed by atoms with E-state index in [0.29, 0.717) is 5.91 Å². The second-order valence-corrected chi connectivity index (χ2v) is 5.06. The Bertz CT molecular complexity index is 223. The topological polar surface area (TPSA) is 32.3 Å². The maximum Gasteiger partial charge on any atom is 0.226 e. The molecule has 3 nitrogen and oxygen atoms in total. The molecule has 0 bridgehead atoms. The number of carbonyl (C=O) groups excluding carboxylic acids is 1. The molecule has 1 saturated heterocycles. The van der Waals surface area contributed by atoms with Gasteiger partial charge in [0.2, 0.25) is 5.91 Å². The number of halogens is 1. The van der Waals surface area contributed by atoms with Crippen LogP contribution in [0, 0.1) is 11.8 Å². The summed E-state index contributed by atoms with van der Waals surface area (Å²) in [6.45, 7) is 2.87. The van der Waals surface area contributed by atoms with Crippen LogP contribution in [0.5, 0.6) is 0 Å². The van der Waals surface area contributed by atoms with E-state index >= 15 is 0 Å². The fraction of sp³-hybridized carbons (Fsp3) is 0.917. The van der Waals surface area contributed by atoms with Gasteiger partial charge in [-0.05, 0) is 31.7 Å². The Hall–Kier alpha value is -0.280. The van der Waals surface area contributed by atoms with Crippen molar-refractivity contribution >= 4 is 18.3 Å². The Morgan fingerprint density at radius 1 is 1.31 bits per heavy atom. The normalized spacial score (nSPS) is 25.4. The average molecular weight is 247 g/mol. The number of amides is 1. The van der Waals surface area contributed by atoms with E-state index in [0.717, 1.165) is 32.0 Å². The van der Waals surface area contributed by atoms with E-state index in [1.807, 2.05) is 11.9 Å². The molecule has 1 amide bonds. The molecule has 2 rings (SSSR count). The lowest BCUT2D eigenvalue weighted by atomic mass is 10.0. The van der Waals surface area contributed by atoms with E-state index in [9.17, 15) is 4.79 Å². The summed E-state index contributed by atoms with van der Waals surface area (Å²) in [5, 5.41) is 3.25. The monoisotopic (exact) mass is 246 g/mol. The number of rotatable bonds is 3. The first-order chi connectivity index (χ1) is 7.27.